The largest absolute Gasteiger partial charge is 0.392 e. The molecule has 0 bridgehead atoms. The summed E-state index contributed by atoms with van der Waals surface area (Å²) in [7, 11) is 0. The van der Waals surface area contributed by atoms with Crippen LogP contribution in [0.3, 0.4) is 0 Å². The fraction of sp³-hybridized carbons (Fsp3) is 0.571. The third-order valence-corrected chi connectivity index (χ3v) is 3.22. The van der Waals surface area contributed by atoms with Gasteiger partial charge in [0.15, 0.2) is 0 Å². The van der Waals surface area contributed by atoms with Gasteiger partial charge in [0.25, 0.3) is 5.69 Å². The van der Waals surface area contributed by atoms with Gasteiger partial charge >= 0.3 is 0 Å². The van der Waals surface area contributed by atoms with Gasteiger partial charge in [-0.1, -0.05) is 12.1 Å². The van der Waals surface area contributed by atoms with Gasteiger partial charge < -0.3 is 5.11 Å². The van der Waals surface area contributed by atoms with E-state index in [-0.39, 0.29) is 16.7 Å². The number of aliphatic hydroxyl groups is 1. The second kappa shape index (κ2) is 6.63. The van der Waals surface area contributed by atoms with E-state index in [4.69, 9.17) is 0 Å². The lowest BCUT2D eigenvalue weighted by Gasteiger charge is -2.28. The zero-order valence-corrected chi connectivity index (χ0v) is 12.0. The molecule has 1 atom stereocenters. The smallest absolute Gasteiger partial charge is 0.272 e. The Morgan fingerprint density at radius 2 is 2.00 bits per heavy atom. The van der Waals surface area contributed by atoms with Crippen molar-refractivity contribution in [1.29, 1.82) is 0 Å². The van der Waals surface area contributed by atoms with Crippen LogP contribution in [-0.2, 0) is 6.54 Å². The van der Waals surface area contributed by atoms with Crippen molar-refractivity contribution in [3.8, 4) is 0 Å². The first kappa shape index (κ1) is 15.6. The van der Waals surface area contributed by atoms with Crippen molar-refractivity contribution in [3.05, 3.63) is 39.4 Å². The normalized spacial score (nSPS) is 13.0. The average Bonchev–Trinajstić information content (AvgIpc) is 2.29. The number of hydrogen-bond donors (Lipinski definition) is 1. The third-order valence-electron chi connectivity index (χ3n) is 3.22. The van der Waals surface area contributed by atoms with Crippen molar-refractivity contribution < 1.29 is 10.0 Å². The maximum absolute atomic E-state index is 10.9. The molecule has 106 valence electrons. The second-order valence-electron chi connectivity index (χ2n) is 5.19. The lowest BCUT2D eigenvalue weighted by Crippen LogP contribution is -2.36. The highest BCUT2D eigenvalue weighted by Gasteiger charge is 2.17. The molecule has 0 radical (unpaired) electrons. The molecule has 0 saturated heterocycles. The highest BCUT2D eigenvalue weighted by atomic mass is 16.6. The topological polar surface area (TPSA) is 66.6 Å². The van der Waals surface area contributed by atoms with Gasteiger partial charge in [-0.2, -0.15) is 0 Å². The first-order chi connectivity index (χ1) is 8.82. The summed E-state index contributed by atoms with van der Waals surface area (Å²) >= 11 is 0. The van der Waals surface area contributed by atoms with Crippen LogP contribution in [0, 0.1) is 17.0 Å². The molecule has 5 nitrogen and oxygen atoms in total. The van der Waals surface area contributed by atoms with Crippen molar-refractivity contribution >= 4 is 5.69 Å². The fourth-order valence-corrected chi connectivity index (χ4v) is 2.06. The number of nitro groups is 1. The van der Waals surface area contributed by atoms with Gasteiger partial charge in [-0.25, -0.2) is 0 Å². The number of nitro benzene ring substituents is 1. The van der Waals surface area contributed by atoms with E-state index >= 15 is 0 Å². The Morgan fingerprint density at radius 1 is 1.37 bits per heavy atom. The van der Waals surface area contributed by atoms with Crippen molar-refractivity contribution in [2.45, 2.75) is 46.4 Å². The molecule has 19 heavy (non-hydrogen) atoms. The quantitative estimate of drug-likeness (QED) is 0.634. The van der Waals surface area contributed by atoms with E-state index in [1.807, 2.05) is 6.07 Å². The number of aliphatic hydroxyl groups excluding tert-OH is 1. The van der Waals surface area contributed by atoms with E-state index in [0.717, 1.165) is 5.56 Å². The highest BCUT2D eigenvalue weighted by Crippen LogP contribution is 2.22. The maximum Gasteiger partial charge on any atom is 0.272 e. The molecule has 0 fully saturated rings. The molecule has 5 heteroatoms. The summed E-state index contributed by atoms with van der Waals surface area (Å²) in [5, 5.41) is 20.4. The minimum atomic E-state index is -0.415. The molecule has 1 aromatic carbocycles. The van der Waals surface area contributed by atoms with Crippen LogP contribution >= 0.6 is 0 Å². The van der Waals surface area contributed by atoms with Crippen molar-refractivity contribution in [2.75, 3.05) is 6.54 Å². The van der Waals surface area contributed by atoms with Crippen LogP contribution in [0.4, 0.5) is 5.69 Å². The molecule has 1 aromatic rings. The first-order valence-corrected chi connectivity index (χ1v) is 6.48. The first-order valence-electron chi connectivity index (χ1n) is 6.48. The van der Waals surface area contributed by atoms with Gasteiger partial charge in [0.1, 0.15) is 0 Å². The molecule has 0 aliphatic rings. The fourth-order valence-electron chi connectivity index (χ4n) is 2.06. The average molecular weight is 266 g/mol. The lowest BCUT2D eigenvalue weighted by atomic mass is 10.1. The van der Waals surface area contributed by atoms with Crippen molar-refractivity contribution in [1.82, 2.24) is 4.90 Å². The minimum Gasteiger partial charge on any atom is -0.392 e. The number of hydrogen-bond acceptors (Lipinski definition) is 4. The van der Waals surface area contributed by atoms with E-state index in [9.17, 15) is 15.2 Å². The summed E-state index contributed by atoms with van der Waals surface area (Å²) in [4.78, 5) is 12.7. The zero-order chi connectivity index (χ0) is 14.6. The van der Waals surface area contributed by atoms with Crippen LogP contribution in [0.15, 0.2) is 18.2 Å². The van der Waals surface area contributed by atoms with Crippen LogP contribution in [0.25, 0.3) is 0 Å². The van der Waals surface area contributed by atoms with E-state index in [2.05, 4.69) is 18.7 Å². The lowest BCUT2D eigenvalue weighted by molar-refractivity contribution is -0.385. The van der Waals surface area contributed by atoms with Gasteiger partial charge in [0, 0.05) is 30.8 Å². The van der Waals surface area contributed by atoms with E-state index in [0.29, 0.717) is 18.7 Å². The Bertz CT molecular complexity index is 444. The molecule has 0 amide bonds. The van der Waals surface area contributed by atoms with Gasteiger partial charge in [0.05, 0.1) is 11.0 Å². The summed E-state index contributed by atoms with van der Waals surface area (Å²) in [6, 6.07) is 5.40. The van der Waals surface area contributed by atoms with Crippen LogP contribution in [0.1, 0.15) is 31.9 Å². The second-order valence-corrected chi connectivity index (χ2v) is 5.19. The summed E-state index contributed by atoms with van der Waals surface area (Å²) in [6.07, 6.45) is -0.415. The monoisotopic (exact) mass is 266 g/mol. The number of rotatable bonds is 6. The molecule has 0 heterocycles. The zero-order valence-electron chi connectivity index (χ0n) is 12.0. The Hall–Kier alpha value is -1.46. The van der Waals surface area contributed by atoms with Gasteiger partial charge in [-0.05, 0) is 33.3 Å². The summed E-state index contributed by atoms with van der Waals surface area (Å²) in [6.45, 7) is 8.78. The van der Waals surface area contributed by atoms with E-state index in [1.165, 1.54) is 6.07 Å². The Labute approximate surface area is 114 Å². The molecule has 0 spiro atoms. The number of benzene rings is 1. The molecule has 0 aromatic heterocycles. The standard InChI is InChI=1S/C14H22N2O3/c1-10(2)15(8-11(3)17)9-13-6-5-7-14(12(13)4)16(18)19/h5-7,10-11,17H,8-9H2,1-4H3/t11-/m0/s1. The molecule has 1 rings (SSSR count). The summed E-state index contributed by atoms with van der Waals surface area (Å²) < 4.78 is 0. The van der Waals surface area contributed by atoms with Crippen LogP contribution in [0.2, 0.25) is 0 Å². The van der Waals surface area contributed by atoms with Crippen molar-refractivity contribution in [3.63, 3.8) is 0 Å². The predicted octanol–water partition coefficient (Wildman–Crippen LogP) is 2.49. The Kier molecular flexibility index (Phi) is 5.44. The summed E-state index contributed by atoms with van der Waals surface area (Å²) in [5.74, 6) is 0. The summed E-state index contributed by atoms with van der Waals surface area (Å²) in [5.41, 5.74) is 1.78. The Morgan fingerprint density at radius 3 is 2.47 bits per heavy atom. The number of nitrogens with zero attached hydrogens (tertiary/aromatic N) is 2. The maximum atomic E-state index is 10.9. The molecular weight excluding hydrogens is 244 g/mol. The van der Waals surface area contributed by atoms with E-state index < -0.39 is 6.10 Å². The molecule has 0 unspecified atom stereocenters. The molecule has 0 aliphatic carbocycles. The Balaban J connectivity index is 2.97. The van der Waals surface area contributed by atoms with Gasteiger partial charge in [-0.15, -0.1) is 0 Å². The van der Waals surface area contributed by atoms with Crippen LogP contribution in [-0.4, -0.2) is 33.6 Å². The van der Waals surface area contributed by atoms with Crippen molar-refractivity contribution in [2.24, 2.45) is 0 Å². The van der Waals surface area contributed by atoms with Crippen LogP contribution in [0.5, 0.6) is 0 Å². The SMILES string of the molecule is Cc1c(CN(C[C@H](C)O)C(C)C)cccc1[N+](=O)[O-]. The predicted molar refractivity (Wildman–Crippen MR) is 75.1 cm³/mol. The molecule has 0 aliphatic heterocycles. The minimum absolute atomic E-state index is 0.151. The van der Waals surface area contributed by atoms with Gasteiger partial charge in [-0.3, -0.25) is 15.0 Å². The molecular formula is C14H22N2O3. The third kappa shape index (κ3) is 4.29. The van der Waals surface area contributed by atoms with Gasteiger partial charge in [0.2, 0.25) is 0 Å². The molecule has 0 saturated carbocycles. The molecule has 1 N–H and O–H groups in total. The van der Waals surface area contributed by atoms with E-state index in [1.54, 1.807) is 19.9 Å². The van der Waals surface area contributed by atoms with Crippen LogP contribution < -0.4 is 0 Å². The highest BCUT2D eigenvalue weighted by molar-refractivity contribution is 5.44.